The van der Waals surface area contributed by atoms with Gasteiger partial charge in [-0.2, -0.15) is 0 Å². The molecule has 0 atom stereocenters. The lowest BCUT2D eigenvalue weighted by Crippen LogP contribution is -1.88. The SMILES string of the molecule is BrCc1cccc2c1OCC2. The number of hydrogen-bond acceptors (Lipinski definition) is 1. The Morgan fingerprint density at radius 3 is 3.18 bits per heavy atom. The second-order valence-corrected chi connectivity index (χ2v) is 3.20. The molecule has 0 saturated heterocycles. The largest absolute Gasteiger partial charge is 0.493 e. The molecule has 0 N–H and O–H groups in total. The third-order valence-corrected chi connectivity index (χ3v) is 2.54. The van der Waals surface area contributed by atoms with Gasteiger partial charge in [0.2, 0.25) is 0 Å². The van der Waals surface area contributed by atoms with Crippen LogP contribution in [-0.4, -0.2) is 6.61 Å². The lowest BCUT2D eigenvalue weighted by atomic mass is 10.1. The Kier molecular flexibility index (Phi) is 1.86. The van der Waals surface area contributed by atoms with Crippen molar-refractivity contribution in [1.82, 2.24) is 0 Å². The van der Waals surface area contributed by atoms with Crippen LogP contribution in [0.1, 0.15) is 11.1 Å². The average Bonchev–Trinajstić information content (AvgIpc) is 2.50. The van der Waals surface area contributed by atoms with Gasteiger partial charge in [-0.15, -0.1) is 0 Å². The molecule has 58 valence electrons. The molecular weight excluding hydrogens is 204 g/mol. The summed E-state index contributed by atoms with van der Waals surface area (Å²) in [7, 11) is 0. The summed E-state index contributed by atoms with van der Waals surface area (Å²) in [5.41, 5.74) is 2.61. The molecule has 0 amide bonds. The van der Waals surface area contributed by atoms with E-state index in [0.717, 1.165) is 24.1 Å². The number of fused-ring (bicyclic) bond motifs is 1. The fourth-order valence-electron chi connectivity index (χ4n) is 1.39. The predicted molar refractivity (Wildman–Crippen MR) is 48.3 cm³/mol. The van der Waals surface area contributed by atoms with E-state index < -0.39 is 0 Å². The van der Waals surface area contributed by atoms with E-state index >= 15 is 0 Å². The molecule has 2 heteroatoms. The van der Waals surface area contributed by atoms with Gasteiger partial charge in [0.15, 0.2) is 0 Å². The minimum absolute atomic E-state index is 0.847. The molecule has 0 unspecified atom stereocenters. The van der Waals surface area contributed by atoms with Crippen LogP contribution in [0.2, 0.25) is 0 Å². The van der Waals surface area contributed by atoms with Gasteiger partial charge in [-0.1, -0.05) is 34.1 Å². The van der Waals surface area contributed by atoms with Crippen molar-refractivity contribution in [2.45, 2.75) is 11.8 Å². The van der Waals surface area contributed by atoms with Crippen molar-refractivity contribution in [3.05, 3.63) is 29.3 Å². The number of benzene rings is 1. The van der Waals surface area contributed by atoms with Crippen molar-refractivity contribution >= 4 is 15.9 Å². The summed E-state index contributed by atoms with van der Waals surface area (Å²) < 4.78 is 5.49. The maximum atomic E-state index is 5.49. The highest BCUT2D eigenvalue weighted by Crippen LogP contribution is 2.30. The summed E-state index contributed by atoms with van der Waals surface area (Å²) in [4.78, 5) is 0. The molecule has 1 aromatic rings. The lowest BCUT2D eigenvalue weighted by Gasteiger charge is -2.03. The zero-order valence-corrected chi connectivity index (χ0v) is 7.73. The molecule has 0 spiro atoms. The van der Waals surface area contributed by atoms with E-state index in [0.29, 0.717) is 0 Å². The number of ether oxygens (including phenoxy) is 1. The van der Waals surface area contributed by atoms with Gasteiger partial charge in [0.05, 0.1) is 6.61 Å². The Morgan fingerprint density at radius 1 is 1.45 bits per heavy atom. The zero-order chi connectivity index (χ0) is 7.68. The normalized spacial score (nSPS) is 14.3. The topological polar surface area (TPSA) is 9.23 Å². The Bertz CT molecular complexity index is 270. The van der Waals surface area contributed by atoms with Crippen LogP contribution in [-0.2, 0) is 11.8 Å². The molecule has 1 aliphatic heterocycles. The van der Waals surface area contributed by atoms with E-state index in [1.54, 1.807) is 0 Å². The maximum Gasteiger partial charge on any atom is 0.126 e. The summed E-state index contributed by atoms with van der Waals surface area (Å²) in [6.45, 7) is 0.847. The standard InChI is InChI=1S/C9H9BrO/c10-6-8-3-1-2-7-4-5-11-9(7)8/h1-3H,4-6H2. The van der Waals surface area contributed by atoms with Crippen LogP contribution in [0.3, 0.4) is 0 Å². The number of rotatable bonds is 1. The molecule has 1 aliphatic rings. The lowest BCUT2D eigenvalue weighted by molar-refractivity contribution is 0.354. The average molecular weight is 213 g/mol. The number of para-hydroxylation sites is 1. The second kappa shape index (κ2) is 2.86. The molecule has 2 rings (SSSR count). The van der Waals surface area contributed by atoms with Crippen LogP contribution in [0.5, 0.6) is 5.75 Å². The van der Waals surface area contributed by atoms with E-state index in [4.69, 9.17) is 4.74 Å². The quantitative estimate of drug-likeness (QED) is 0.651. The minimum atomic E-state index is 0.847. The Labute approximate surface area is 74.5 Å². The first-order valence-electron chi connectivity index (χ1n) is 3.71. The molecule has 0 bridgehead atoms. The summed E-state index contributed by atoms with van der Waals surface area (Å²) in [6, 6.07) is 6.32. The molecule has 1 heterocycles. The van der Waals surface area contributed by atoms with Crippen molar-refractivity contribution in [2.24, 2.45) is 0 Å². The molecule has 1 nitrogen and oxygen atoms in total. The Morgan fingerprint density at radius 2 is 2.36 bits per heavy atom. The van der Waals surface area contributed by atoms with Crippen molar-refractivity contribution in [3.8, 4) is 5.75 Å². The van der Waals surface area contributed by atoms with Gasteiger partial charge in [0.25, 0.3) is 0 Å². The van der Waals surface area contributed by atoms with Crippen molar-refractivity contribution in [3.63, 3.8) is 0 Å². The highest BCUT2D eigenvalue weighted by Gasteiger charge is 2.14. The molecule has 0 aromatic heterocycles. The molecule has 0 saturated carbocycles. The van der Waals surface area contributed by atoms with Crippen molar-refractivity contribution < 1.29 is 4.74 Å². The Hall–Kier alpha value is -0.500. The van der Waals surface area contributed by atoms with E-state index in [2.05, 4.69) is 34.1 Å². The third kappa shape index (κ3) is 1.16. The molecule has 0 aliphatic carbocycles. The summed E-state index contributed by atoms with van der Waals surface area (Å²) >= 11 is 3.43. The molecule has 0 radical (unpaired) electrons. The first kappa shape index (κ1) is 7.17. The Balaban J connectivity index is 2.50. The fourth-order valence-corrected chi connectivity index (χ4v) is 1.83. The van der Waals surface area contributed by atoms with Crippen LogP contribution >= 0.6 is 15.9 Å². The first-order valence-corrected chi connectivity index (χ1v) is 4.83. The van der Waals surface area contributed by atoms with Gasteiger partial charge in [-0.05, 0) is 5.56 Å². The van der Waals surface area contributed by atoms with Gasteiger partial charge in [0, 0.05) is 17.3 Å². The fraction of sp³-hybridized carbons (Fsp3) is 0.333. The molecule has 1 aromatic carbocycles. The predicted octanol–water partition coefficient (Wildman–Crippen LogP) is 2.52. The first-order chi connectivity index (χ1) is 5.42. The molecule has 11 heavy (non-hydrogen) atoms. The van der Waals surface area contributed by atoms with Crippen LogP contribution in [0, 0.1) is 0 Å². The third-order valence-electron chi connectivity index (χ3n) is 1.94. The van der Waals surface area contributed by atoms with Crippen molar-refractivity contribution in [2.75, 3.05) is 6.61 Å². The van der Waals surface area contributed by atoms with E-state index in [-0.39, 0.29) is 0 Å². The summed E-state index contributed by atoms with van der Waals surface area (Å²) in [5, 5.41) is 0.885. The van der Waals surface area contributed by atoms with Gasteiger partial charge in [-0.25, -0.2) is 0 Å². The number of alkyl halides is 1. The van der Waals surface area contributed by atoms with Crippen LogP contribution in [0.15, 0.2) is 18.2 Å². The van der Waals surface area contributed by atoms with Crippen LogP contribution in [0.25, 0.3) is 0 Å². The minimum Gasteiger partial charge on any atom is -0.493 e. The summed E-state index contributed by atoms with van der Waals surface area (Å²) in [5.74, 6) is 1.10. The van der Waals surface area contributed by atoms with Gasteiger partial charge in [-0.3, -0.25) is 0 Å². The van der Waals surface area contributed by atoms with Crippen LogP contribution < -0.4 is 4.74 Å². The van der Waals surface area contributed by atoms with Gasteiger partial charge >= 0.3 is 0 Å². The van der Waals surface area contributed by atoms with Crippen molar-refractivity contribution in [1.29, 1.82) is 0 Å². The zero-order valence-electron chi connectivity index (χ0n) is 6.14. The van der Waals surface area contributed by atoms with Crippen LogP contribution in [0.4, 0.5) is 0 Å². The van der Waals surface area contributed by atoms with E-state index in [9.17, 15) is 0 Å². The van der Waals surface area contributed by atoms with Gasteiger partial charge < -0.3 is 4.74 Å². The maximum absolute atomic E-state index is 5.49. The highest BCUT2D eigenvalue weighted by atomic mass is 79.9. The number of hydrogen-bond donors (Lipinski definition) is 0. The molecule has 0 fully saturated rings. The summed E-state index contributed by atoms with van der Waals surface area (Å²) in [6.07, 6.45) is 1.07. The molecular formula is C9H9BrO. The number of halogens is 1. The smallest absolute Gasteiger partial charge is 0.126 e. The second-order valence-electron chi connectivity index (χ2n) is 2.64. The highest BCUT2D eigenvalue weighted by molar-refractivity contribution is 9.08. The van der Waals surface area contributed by atoms with Gasteiger partial charge in [0.1, 0.15) is 5.75 Å². The monoisotopic (exact) mass is 212 g/mol. The van der Waals surface area contributed by atoms with E-state index in [1.807, 2.05) is 0 Å². The van der Waals surface area contributed by atoms with E-state index in [1.165, 1.54) is 11.1 Å².